The Bertz CT molecular complexity index is 468. The zero-order valence-corrected chi connectivity index (χ0v) is 11.4. The predicted molar refractivity (Wildman–Crippen MR) is 71.0 cm³/mol. The molecule has 1 aromatic carbocycles. The third-order valence-corrected chi connectivity index (χ3v) is 4.51. The second-order valence-corrected chi connectivity index (χ2v) is 6.22. The van der Waals surface area contributed by atoms with Crippen molar-refractivity contribution >= 4 is 15.7 Å². The van der Waals surface area contributed by atoms with E-state index in [1.807, 2.05) is 0 Å². The van der Waals surface area contributed by atoms with Crippen LogP contribution < -0.4 is 5.32 Å². The summed E-state index contributed by atoms with van der Waals surface area (Å²) < 4.78 is 23.8. The first-order valence-corrected chi connectivity index (χ1v) is 7.70. The van der Waals surface area contributed by atoms with Gasteiger partial charge in [-0.2, -0.15) is 0 Å². The summed E-state index contributed by atoms with van der Waals surface area (Å²) >= 11 is 0. The lowest BCUT2D eigenvalue weighted by Gasteiger charge is -2.04. The average molecular weight is 269 g/mol. The Morgan fingerprint density at radius 3 is 2.39 bits per heavy atom. The molecule has 1 N–H and O–H groups in total. The molecule has 0 fully saturated rings. The quantitative estimate of drug-likeness (QED) is 0.767. The SMILES string of the molecule is CNC(=O)CCCCCS(=O)(=O)c1ccccc1. The monoisotopic (exact) mass is 269 g/mol. The summed E-state index contributed by atoms with van der Waals surface area (Å²) in [7, 11) is -1.57. The van der Waals surface area contributed by atoms with Gasteiger partial charge in [-0.25, -0.2) is 8.42 Å². The standard InChI is InChI=1S/C13H19NO3S/c1-14-13(15)10-6-3-7-11-18(16,17)12-8-4-2-5-9-12/h2,4-5,8-9H,3,6-7,10-11H2,1H3,(H,14,15). The van der Waals surface area contributed by atoms with Gasteiger partial charge in [0.25, 0.3) is 0 Å². The highest BCUT2D eigenvalue weighted by atomic mass is 32.2. The number of rotatable bonds is 7. The van der Waals surface area contributed by atoms with Gasteiger partial charge in [-0.15, -0.1) is 0 Å². The molecule has 100 valence electrons. The van der Waals surface area contributed by atoms with Crippen molar-refractivity contribution in [3.8, 4) is 0 Å². The molecule has 0 spiro atoms. The van der Waals surface area contributed by atoms with Gasteiger partial charge in [0.2, 0.25) is 5.91 Å². The van der Waals surface area contributed by atoms with Crippen LogP contribution in [0.25, 0.3) is 0 Å². The molecule has 1 rings (SSSR count). The molecule has 0 bridgehead atoms. The van der Waals surface area contributed by atoms with Crippen molar-refractivity contribution in [3.05, 3.63) is 30.3 Å². The van der Waals surface area contributed by atoms with E-state index in [-0.39, 0.29) is 11.7 Å². The topological polar surface area (TPSA) is 63.2 Å². The molecule has 0 heterocycles. The summed E-state index contributed by atoms with van der Waals surface area (Å²) in [6.45, 7) is 0. The van der Waals surface area contributed by atoms with E-state index < -0.39 is 9.84 Å². The Hall–Kier alpha value is -1.36. The van der Waals surface area contributed by atoms with Crippen LogP contribution in [0.4, 0.5) is 0 Å². The first-order valence-electron chi connectivity index (χ1n) is 6.04. The maximum absolute atomic E-state index is 11.9. The van der Waals surface area contributed by atoms with E-state index in [0.717, 1.165) is 12.8 Å². The normalized spacial score (nSPS) is 11.2. The second-order valence-electron chi connectivity index (χ2n) is 4.12. The third kappa shape index (κ3) is 4.87. The number of sulfone groups is 1. The zero-order chi connectivity index (χ0) is 13.4. The van der Waals surface area contributed by atoms with E-state index in [1.165, 1.54) is 0 Å². The lowest BCUT2D eigenvalue weighted by Crippen LogP contribution is -2.17. The Morgan fingerprint density at radius 1 is 1.11 bits per heavy atom. The highest BCUT2D eigenvalue weighted by molar-refractivity contribution is 7.91. The fourth-order valence-electron chi connectivity index (χ4n) is 1.63. The van der Waals surface area contributed by atoms with E-state index in [9.17, 15) is 13.2 Å². The van der Waals surface area contributed by atoms with Crippen molar-refractivity contribution in [3.63, 3.8) is 0 Å². The summed E-state index contributed by atoms with van der Waals surface area (Å²) in [4.78, 5) is 11.3. The van der Waals surface area contributed by atoms with E-state index in [0.29, 0.717) is 17.7 Å². The van der Waals surface area contributed by atoms with Crippen molar-refractivity contribution in [2.45, 2.75) is 30.6 Å². The number of carbonyl (C=O) groups excluding carboxylic acids is 1. The summed E-state index contributed by atoms with van der Waals surface area (Å²) in [5.74, 6) is 0.144. The fourth-order valence-corrected chi connectivity index (χ4v) is 3.02. The van der Waals surface area contributed by atoms with Gasteiger partial charge in [-0.05, 0) is 25.0 Å². The van der Waals surface area contributed by atoms with Gasteiger partial charge in [-0.3, -0.25) is 4.79 Å². The van der Waals surface area contributed by atoms with E-state index >= 15 is 0 Å². The first kappa shape index (κ1) is 14.7. The molecule has 0 saturated carbocycles. The Labute approximate surface area is 108 Å². The van der Waals surface area contributed by atoms with Gasteiger partial charge in [0.1, 0.15) is 0 Å². The second kappa shape index (κ2) is 7.16. The van der Waals surface area contributed by atoms with Crippen LogP contribution in [-0.2, 0) is 14.6 Å². The molecule has 0 aliphatic heterocycles. The number of amides is 1. The Morgan fingerprint density at radius 2 is 1.78 bits per heavy atom. The van der Waals surface area contributed by atoms with Gasteiger partial charge in [0.05, 0.1) is 10.6 Å². The van der Waals surface area contributed by atoms with Crippen molar-refractivity contribution < 1.29 is 13.2 Å². The summed E-state index contributed by atoms with van der Waals surface area (Å²) in [5.41, 5.74) is 0. The minimum absolute atomic E-state index is 0.000849. The van der Waals surface area contributed by atoms with Crippen LogP contribution >= 0.6 is 0 Å². The summed E-state index contributed by atoms with van der Waals surface area (Å²) in [5, 5.41) is 2.54. The van der Waals surface area contributed by atoms with Gasteiger partial charge in [0.15, 0.2) is 9.84 Å². The third-order valence-electron chi connectivity index (χ3n) is 2.70. The van der Waals surface area contributed by atoms with Crippen LogP contribution in [0.2, 0.25) is 0 Å². The van der Waals surface area contributed by atoms with Gasteiger partial charge >= 0.3 is 0 Å². The first-order chi connectivity index (χ1) is 8.56. The molecular formula is C13H19NO3S. The molecule has 0 aliphatic rings. The lowest BCUT2D eigenvalue weighted by molar-refractivity contribution is -0.120. The molecular weight excluding hydrogens is 250 g/mol. The largest absolute Gasteiger partial charge is 0.359 e. The predicted octanol–water partition coefficient (Wildman–Crippen LogP) is 1.77. The zero-order valence-electron chi connectivity index (χ0n) is 10.6. The van der Waals surface area contributed by atoms with Crippen molar-refractivity contribution in [2.24, 2.45) is 0 Å². The van der Waals surface area contributed by atoms with Gasteiger partial charge < -0.3 is 5.32 Å². The molecule has 0 atom stereocenters. The molecule has 1 amide bonds. The van der Waals surface area contributed by atoms with E-state index in [4.69, 9.17) is 0 Å². The van der Waals surface area contributed by atoms with Crippen molar-refractivity contribution in [2.75, 3.05) is 12.8 Å². The van der Waals surface area contributed by atoms with Crippen LogP contribution in [0.5, 0.6) is 0 Å². The molecule has 0 aromatic heterocycles. The number of hydrogen-bond donors (Lipinski definition) is 1. The van der Waals surface area contributed by atoms with Crippen molar-refractivity contribution in [1.82, 2.24) is 5.32 Å². The molecule has 1 aromatic rings. The Balaban J connectivity index is 2.33. The van der Waals surface area contributed by atoms with Crippen molar-refractivity contribution in [1.29, 1.82) is 0 Å². The lowest BCUT2D eigenvalue weighted by atomic mass is 10.2. The van der Waals surface area contributed by atoms with Crippen LogP contribution in [0.3, 0.4) is 0 Å². The smallest absolute Gasteiger partial charge is 0.219 e. The Kier molecular flexibility index (Phi) is 5.85. The summed E-state index contributed by atoms with van der Waals surface area (Å²) in [6, 6.07) is 8.46. The minimum Gasteiger partial charge on any atom is -0.359 e. The number of unbranched alkanes of at least 4 members (excludes halogenated alkanes) is 2. The highest BCUT2D eigenvalue weighted by Crippen LogP contribution is 2.12. The maximum atomic E-state index is 11.9. The number of nitrogens with one attached hydrogen (secondary N) is 1. The molecule has 0 saturated heterocycles. The van der Waals surface area contributed by atoms with Gasteiger partial charge in [-0.1, -0.05) is 24.6 Å². The van der Waals surface area contributed by atoms with Crippen LogP contribution in [0, 0.1) is 0 Å². The molecule has 5 heteroatoms. The molecule has 0 aliphatic carbocycles. The number of carbonyl (C=O) groups is 1. The maximum Gasteiger partial charge on any atom is 0.219 e. The average Bonchev–Trinajstić information content (AvgIpc) is 2.39. The number of hydrogen-bond acceptors (Lipinski definition) is 3. The van der Waals surface area contributed by atoms with E-state index in [1.54, 1.807) is 37.4 Å². The van der Waals surface area contributed by atoms with Crippen LogP contribution in [-0.4, -0.2) is 27.1 Å². The van der Waals surface area contributed by atoms with Crippen LogP contribution in [0.1, 0.15) is 25.7 Å². The minimum atomic E-state index is -3.17. The molecule has 0 unspecified atom stereocenters. The van der Waals surface area contributed by atoms with Crippen LogP contribution in [0.15, 0.2) is 35.2 Å². The molecule has 18 heavy (non-hydrogen) atoms. The van der Waals surface area contributed by atoms with E-state index in [2.05, 4.69) is 5.32 Å². The number of benzene rings is 1. The van der Waals surface area contributed by atoms with Gasteiger partial charge in [0, 0.05) is 13.5 Å². The summed E-state index contributed by atoms with van der Waals surface area (Å²) in [6.07, 6.45) is 2.53. The molecule has 4 nitrogen and oxygen atoms in total. The molecule has 0 radical (unpaired) electrons. The fraction of sp³-hybridized carbons (Fsp3) is 0.462. The highest BCUT2D eigenvalue weighted by Gasteiger charge is 2.12.